The molecule has 1 fully saturated rings. The van der Waals surface area contributed by atoms with E-state index in [1.165, 1.54) is 19.4 Å². The molecule has 0 amide bonds. The first kappa shape index (κ1) is 17.8. The molecule has 2 heterocycles. The zero-order valence-electron chi connectivity index (χ0n) is 16.0. The Balaban J connectivity index is 1.56. The molecule has 4 nitrogen and oxygen atoms in total. The molecule has 0 saturated carbocycles. The van der Waals surface area contributed by atoms with Crippen LogP contribution in [-0.2, 0) is 6.42 Å². The quantitative estimate of drug-likeness (QED) is 0.379. The summed E-state index contributed by atoms with van der Waals surface area (Å²) in [5, 5.41) is 13.4. The van der Waals surface area contributed by atoms with Crippen molar-refractivity contribution in [1.82, 2.24) is 4.90 Å². The van der Waals surface area contributed by atoms with Gasteiger partial charge in [-0.1, -0.05) is 29.4 Å². The molecular formula is C23H26N2O2. The van der Waals surface area contributed by atoms with Gasteiger partial charge in [-0.2, -0.15) is 0 Å². The zero-order valence-corrected chi connectivity index (χ0v) is 16.0. The van der Waals surface area contributed by atoms with Crippen molar-refractivity contribution in [2.24, 2.45) is 5.16 Å². The van der Waals surface area contributed by atoms with Gasteiger partial charge >= 0.3 is 0 Å². The first-order chi connectivity index (χ1) is 13.1. The van der Waals surface area contributed by atoms with E-state index in [1.54, 1.807) is 6.92 Å². The van der Waals surface area contributed by atoms with Gasteiger partial charge in [0.15, 0.2) is 0 Å². The number of nitrogens with zero attached hydrogens (tertiary/aromatic N) is 2. The van der Waals surface area contributed by atoms with Gasteiger partial charge in [0.05, 0.1) is 5.71 Å². The molecule has 1 aromatic heterocycles. The van der Waals surface area contributed by atoms with E-state index in [9.17, 15) is 0 Å². The number of benzene rings is 2. The highest BCUT2D eigenvalue weighted by Crippen LogP contribution is 2.28. The predicted molar refractivity (Wildman–Crippen MR) is 110 cm³/mol. The van der Waals surface area contributed by atoms with Gasteiger partial charge in [0.25, 0.3) is 0 Å². The number of likely N-dealkylation sites (tertiary alicyclic amines) is 1. The average molecular weight is 362 g/mol. The van der Waals surface area contributed by atoms with E-state index in [2.05, 4.69) is 41.2 Å². The largest absolute Gasteiger partial charge is 0.461 e. The van der Waals surface area contributed by atoms with Crippen LogP contribution >= 0.6 is 0 Å². The molecule has 27 heavy (non-hydrogen) atoms. The maximum absolute atomic E-state index is 9.01. The number of hydrogen-bond donors (Lipinski definition) is 1. The van der Waals surface area contributed by atoms with E-state index in [1.807, 2.05) is 24.3 Å². The van der Waals surface area contributed by atoms with Gasteiger partial charge in [-0.05, 0) is 74.2 Å². The first-order valence-electron chi connectivity index (χ1n) is 9.70. The van der Waals surface area contributed by atoms with Crippen LogP contribution in [0.25, 0.3) is 22.1 Å². The molecule has 1 aliphatic heterocycles. The Morgan fingerprint density at radius 1 is 1.19 bits per heavy atom. The molecule has 1 N–H and O–H groups in total. The Bertz CT molecular complexity index is 973. The molecule has 0 unspecified atom stereocenters. The third kappa shape index (κ3) is 3.76. The summed E-state index contributed by atoms with van der Waals surface area (Å²) in [7, 11) is 0. The Morgan fingerprint density at radius 2 is 2.04 bits per heavy atom. The molecule has 1 saturated heterocycles. The minimum atomic E-state index is 0.611. The van der Waals surface area contributed by atoms with E-state index < -0.39 is 0 Å². The van der Waals surface area contributed by atoms with Crippen LogP contribution in [0.1, 0.15) is 38.0 Å². The van der Waals surface area contributed by atoms with Gasteiger partial charge in [0, 0.05) is 24.4 Å². The van der Waals surface area contributed by atoms with Crippen LogP contribution in [0.15, 0.2) is 58.1 Å². The van der Waals surface area contributed by atoms with Crippen LogP contribution in [0, 0.1) is 0 Å². The molecule has 3 aromatic rings. The van der Waals surface area contributed by atoms with Crippen LogP contribution < -0.4 is 0 Å². The summed E-state index contributed by atoms with van der Waals surface area (Å²) in [4.78, 5) is 2.55. The second-order valence-corrected chi connectivity index (χ2v) is 7.51. The lowest BCUT2D eigenvalue weighted by Gasteiger charge is -2.19. The maximum atomic E-state index is 9.01. The summed E-state index contributed by atoms with van der Waals surface area (Å²) < 4.78 is 6.05. The SMILES string of the molecule is C/C(=N\O)c1cccc(-c2ccc3oc(CCN4CCC[C@H]4C)cc3c2)c1. The summed E-state index contributed by atoms with van der Waals surface area (Å²) in [6, 6.07) is 17.2. The molecule has 1 aliphatic rings. The number of hydrogen-bond acceptors (Lipinski definition) is 4. The molecule has 1 atom stereocenters. The number of fused-ring (bicyclic) bond motifs is 1. The smallest absolute Gasteiger partial charge is 0.134 e. The third-order valence-electron chi connectivity index (χ3n) is 5.67. The van der Waals surface area contributed by atoms with Crippen molar-refractivity contribution >= 4 is 16.7 Å². The standard InChI is InChI=1S/C23H26N2O2/c1-16-5-4-11-25(16)12-10-22-15-21-14-20(8-9-23(21)27-22)19-7-3-6-18(13-19)17(2)24-26/h3,6-9,13-16,26H,4-5,10-12H2,1-2H3/b24-17+/t16-/m1/s1. The Hall–Kier alpha value is -2.59. The van der Waals surface area contributed by atoms with Crippen LogP contribution in [-0.4, -0.2) is 35.0 Å². The Labute approximate surface area is 160 Å². The summed E-state index contributed by atoms with van der Waals surface area (Å²) in [5.74, 6) is 1.05. The van der Waals surface area contributed by atoms with Crippen molar-refractivity contribution in [2.75, 3.05) is 13.1 Å². The van der Waals surface area contributed by atoms with Crippen molar-refractivity contribution < 1.29 is 9.62 Å². The van der Waals surface area contributed by atoms with Gasteiger partial charge in [0.2, 0.25) is 0 Å². The lowest BCUT2D eigenvalue weighted by Crippen LogP contribution is -2.28. The molecule has 4 rings (SSSR count). The zero-order chi connectivity index (χ0) is 18.8. The molecule has 4 heteroatoms. The summed E-state index contributed by atoms with van der Waals surface area (Å²) >= 11 is 0. The first-order valence-corrected chi connectivity index (χ1v) is 9.70. The van der Waals surface area contributed by atoms with Gasteiger partial charge in [-0.15, -0.1) is 0 Å². The van der Waals surface area contributed by atoms with E-state index in [0.29, 0.717) is 11.8 Å². The van der Waals surface area contributed by atoms with Crippen LogP contribution in [0.5, 0.6) is 0 Å². The molecule has 0 bridgehead atoms. The summed E-state index contributed by atoms with van der Waals surface area (Å²) in [5.41, 5.74) is 4.71. The van der Waals surface area contributed by atoms with Crippen molar-refractivity contribution in [1.29, 1.82) is 0 Å². The minimum absolute atomic E-state index is 0.611. The highest BCUT2D eigenvalue weighted by molar-refractivity contribution is 5.99. The summed E-state index contributed by atoms with van der Waals surface area (Å²) in [6.45, 7) is 6.38. The fraction of sp³-hybridized carbons (Fsp3) is 0.348. The molecule has 0 radical (unpaired) electrons. The highest BCUT2D eigenvalue weighted by Gasteiger charge is 2.20. The average Bonchev–Trinajstić information content (AvgIpc) is 3.30. The normalized spacial score (nSPS) is 18.4. The summed E-state index contributed by atoms with van der Waals surface area (Å²) in [6.07, 6.45) is 3.57. The van der Waals surface area contributed by atoms with Crippen LogP contribution in [0.4, 0.5) is 0 Å². The van der Waals surface area contributed by atoms with E-state index in [-0.39, 0.29) is 0 Å². The Morgan fingerprint density at radius 3 is 2.81 bits per heavy atom. The Kier molecular flexibility index (Phi) is 4.99. The van der Waals surface area contributed by atoms with E-state index in [4.69, 9.17) is 9.62 Å². The molecule has 0 aliphatic carbocycles. The number of rotatable bonds is 5. The maximum Gasteiger partial charge on any atom is 0.134 e. The van der Waals surface area contributed by atoms with E-state index >= 15 is 0 Å². The van der Waals surface area contributed by atoms with Crippen molar-refractivity contribution in [3.8, 4) is 11.1 Å². The van der Waals surface area contributed by atoms with Crippen molar-refractivity contribution in [3.05, 3.63) is 59.9 Å². The highest BCUT2D eigenvalue weighted by atomic mass is 16.4. The van der Waals surface area contributed by atoms with Gasteiger partial charge in [0.1, 0.15) is 11.3 Å². The minimum Gasteiger partial charge on any atom is -0.461 e. The molecule has 140 valence electrons. The lowest BCUT2D eigenvalue weighted by molar-refractivity contribution is 0.266. The second-order valence-electron chi connectivity index (χ2n) is 7.51. The molecular weight excluding hydrogens is 336 g/mol. The van der Waals surface area contributed by atoms with Crippen LogP contribution in [0.3, 0.4) is 0 Å². The van der Waals surface area contributed by atoms with Gasteiger partial charge in [-0.3, -0.25) is 0 Å². The molecule has 0 spiro atoms. The lowest BCUT2D eigenvalue weighted by atomic mass is 10.0. The van der Waals surface area contributed by atoms with Crippen molar-refractivity contribution in [2.45, 2.75) is 39.2 Å². The predicted octanol–water partition coefficient (Wildman–Crippen LogP) is 5.32. The van der Waals surface area contributed by atoms with Crippen molar-refractivity contribution in [3.63, 3.8) is 0 Å². The number of furan rings is 1. The van der Waals surface area contributed by atoms with E-state index in [0.717, 1.165) is 46.4 Å². The van der Waals surface area contributed by atoms with Gasteiger partial charge in [-0.25, -0.2) is 0 Å². The fourth-order valence-corrected chi connectivity index (χ4v) is 3.96. The number of oxime groups is 1. The molecule has 2 aromatic carbocycles. The second kappa shape index (κ2) is 7.57. The monoisotopic (exact) mass is 362 g/mol. The topological polar surface area (TPSA) is 49.0 Å². The fourth-order valence-electron chi connectivity index (χ4n) is 3.96. The third-order valence-corrected chi connectivity index (χ3v) is 5.67. The van der Waals surface area contributed by atoms with Crippen LogP contribution in [0.2, 0.25) is 0 Å². The van der Waals surface area contributed by atoms with Gasteiger partial charge < -0.3 is 14.5 Å².